The van der Waals surface area contributed by atoms with E-state index >= 15 is 0 Å². The third-order valence-electron chi connectivity index (χ3n) is 3.35. The summed E-state index contributed by atoms with van der Waals surface area (Å²) in [6.45, 7) is 5.55. The number of aliphatic carboxylic acids is 1. The summed E-state index contributed by atoms with van der Waals surface area (Å²) in [5.74, 6) is 0.169. The molecule has 1 unspecified atom stereocenters. The Morgan fingerprint density at radius 2 is 1.81 bits per heavy atom. The van der Waals surface area contributed by atoms with Gasteiger partial charge >= 0.3 is 5.97 Å². The molecular weight excluding hydrogens is 270 g/mol. The highest BCUT2D eigenvalue weighted by molar-refractivity contribution is 5.77. The van der Waals surface area contributed by atoms with Crippen LogP contribution in [0.1, 0.15) is 38.3 Å². The molecule has 0 aliphatic rings. The Hall–Kier alpha value is -1.75. The average molecular weight is 295 g/mol. The molecule has 0 fully saturated rings. The number of methoxy groups -OCH3 is 2. The average Bonchev–Trinajstić information content (AvgIpc) is 2.47. The SMILES string of the molecule is CCCN(CCC)C(C(=O)O)c1cccc(OC)c1OC. The van der Waals surface area contributed by atoms with Crippen molar-refractivity contribution in [3.05, 3.63) is 23.8 Å². The van der Waals surface area contributed by atoms with Crippen molar-refractivity contribution >= 4 is 5.97 Å². The first-order chi connectivity index (χ1) is 10.1. The summed E-state index contributed by atoms with van der Waals surface area (Å²) in [6.07, 6.45) is 1.80. The van der Waals surface area contributed by atoms with Gasteiger partial charge in [0, 0.05) is 5.56 Å². The molecule has 0 saturated carbocycles. The fourth-order valence-electron chi connectivity index (χ4n) is 2.56. The summed E-state index contributed by atoms with van der Waals surface area (Å²) in [4.78, 5) is 13.8. The fourth-order valence-corrected chi connectivity index (χ4v) is 2.56. The van der Waals surface area contributed by atoms with E-state index in [1.54, 1.807) is 25.3 Å². The van der Waals surface area contributed by atoms with Crippen LogP contribution in [0.15, 0.2) is 18.2 Å². The number of para-hydroxylation sites is 1. The molecule has 118 valence electrons. The van der Waals surface area contributed by atoms with E-state index in [9.17, 15) is 9.90 Å². The molecule has 1 aromatic rings. The van der Waals surface area contributed by atoms with E-state index in [2.05, 4.69) is 0 Å². The zero-order chi connectivity index (χ0) is 15.8. The second-order valence-electron chi connectivity index (χ2n) is 4.86. The first-order valence-corrected chi connectivity index (χ1v) is 7.28. The van der Waals surface area contributed by atoms with Crippen molar-refractivity contribution < 1.29 is 19.4 Å². The zero-order valence-electron chi connectivity index (χ0n) is 13.3. The van der Waals surface area contributed by atoms with E-state index in [1.165, 1.54) is 7.11 Å². The molecule has 0 amide bonds. The molecule has 5 heteroatoms. The molecule has 21 heavy (non-hydrogen) atoms. The lowest BCUT2D eigenvalue weighted by Gasteiger charge is -2.29. The van der Waals surface area contributed by atoms with Gasteiger partial charge in [-0.15, -0.1) is 0 Å². The number of carboxylic acid groups (broad SMARTS) is 1. The zero-order valence-corrected chi connectivity index (χ0v) is 13.3. The van der Waals surface area contributed by atoms with Crippen LogP contribution in [-0.2, 0) is 4.79 Å². The van der Waals surface area contributed by atoms with Crippen LogP contribution < -0.4 is 9.47 Å². The second kappa shape index (κ2) is 8.52. The van der Waals surface area contributed by atoms with E-state index in [-0.39, 0.29) is 0 Å². The van der Waals surface area contributed by atoms with Crippen LogP contribution in [0.2, 0.25) is 0 Å². The monoisotopic (exact) mass is 295 g/mol. The van der Waals surface area contributed by atoms with Gasteiger partial charge in [-0.05, 0) is 32.0 Å². The fraction of sp³-hybridized carbons (Fsp3) is 0.562. The molecule has 0 saturated heterocycles. The van der Waals surface area contributed by atoms with Gasteiger partial charge in [-0.3, -0.25) is 9.69 Å². The normalized spacial score (nSPS) is 12.2. The predicted octanol–water partition coefficient (Wildman–Crippen LogP) is 2.95. The molecule has 0 bridgehead atoms. The summed E-state index contributed by atoms with van der Waals surface area (Å²) in [6, 6.07) is 4.63. The molecule has 0 aromatic heterocycles. The highest BCUT2D eigenvalue weighted by Gasteiger charge is 2.30. The van der Waals surface area contributed by atoms with Crippen LogP contribution in [0.25, 0.3) is 0 Å². The first kappa shape index (κ1) is 17.3. The number of nitrogens with zero attached hydrogens (tertiary/aromatic N) is 1. The minimum Gasteiger partial charge on any atom is -0.493 e. The summed E-state index contributed by atoms with van der Waals surface area (Å²) in [5, 5.41) is 9.70. The molecule has 1 N–H and O–H groups in total. The van der Waals surface area contributed by atoms with Gasteiger partial charge in [-0.2, -0.15) is 0 Å². The van der Waals surface area contributed by atoms with Gasteiger partial charge in [0.2, 0.25) is 0 Å². The maximum absolute atomic E-state index is 11.8. The number of rotatable bonds is 9. The van der Waals surface area contributed by atoms with Gasteiger partial charge in [-0.25, -0.2) is 0 Å². The highest BCUT2D eigenvalue weighted by atomic mass is 16.5. The van der Waals surface area contributed by atoms with E-state index in [0.717, 1.165) is 25.9 Å². The van der Waals surface area contributed by atoms with Gasteiger partial charge in [0.15, 0.2) is 11.5 Å². The molecule has 5 nitrogen and oxygen atoms in total. The van der Waals surface area contributed by atoms with Gasteiger partial charge < -0.3 is 14.6 Å². The molecule has 0 aliphatic carbocycles. The predicted molar refractivity (Wildman–Crippen MR) is 82.1 cm³/mol. The van der Waals surface area contributed by atoms with Gasteiger partial charge in [0.05, 0.1) is 14.2 Å². The van der Waals surface area contributed by atoms with Crippen molar-refractivity contribution in [3.63, 3.8) is 0 Å². The van der Waals surface area contributed by atoms with Gasteiger partial charge in [0.1, 0.15) is 6.04 Å². The van der Waals surface area contributed by atoms with Crippen molar-refractivity contribution in [3.8, 4) is 11.5 Å². The molecule has 1 atom stereocenters. The van der Waals surface area contributed by atoms with E-state index < -0.39 is 12.0 Å². The molecule has 1 aromatic carbocycles. The lowest BCUT2D eigenvalue weighted by atomic mass is 10.0. The van der Waals surface area contributed by atoms with Crippen molar-refractivity contribution in [2.24, 2.45) is 0 Å². The molecule has 0 spiro atoms. The van der Waals surface area contributed by atoms with Crippen molar-refractivity contribution in [1.82, 2.24) is 4.90 Å². The number of hydrogen-bond acceptors (Lipinski definition) is 4. The minimum atomic E-state index is -0.872. The second-order valence-corrected chi connectivity index (χ2v) is 4.86. The Bertz CT molecular complexity index is 456. The van der Waals surface area contributed by atoms with Crippen LogP contribution in [0.5, 0.6) is 11.5 Å². The lowest BCUT2D eigenvalue weighted by Crippen LogP contribution is -2.35. The maximum atomic E-state index is 11.8. The largest absolute Gasteiger partial charge is 0.493 e. The van der Waals surface area contributed by atoms with Crippen LogP contribution in [0, 0.1) is 0 Å². The topological polar surface area (TPSA) is 59.0 Å². The number of ether oxygens (including phenoxy) is 2. The summed E-state index contributed by atoms with van der Waals surface area (Å²) in [5.41, 5.74) is 0.631. The quantitative estimate of drug-likeness (QED) is 0.759. The van der Waals surface area contributed by atoms with Crippen LogP contribution in [0.3, 0.4) is 0 Å². The minimum absolute atomic E-state index is 0.490. The van der Waals surface area contributed by atoms with Gasteiger partial charge in [-0.1, -0.05) is 26.0 Å². The third-order valence-corrected chi connectivity index (χ3v) is 3.35. The van der Waals surface area contributed by atoms with E-state index in [4.69, 9.17) is 9.47 Å². The summed E-state index contributed by atoms with van der Waals surface area (Å²) < 4.78 is 10.7. The Kier molecular flexibility index (Phi) is 7.02. The number of benzene rings is 1. The molecule has 1 rings (SSSR count). The molecule has 0 radical (unpaired) electrons. The molecule has 0 aliphatic heterocycles. The molecular formula is C16H25NO4. The van der Waals surface area contributed by atoms with E-state index in [0.29, 0.717) is 17.1 Å². The van der Waals surface area contributed by atoms with Crippen molar-refractivity contribution in [2.75, 3.05) is 27.3 Å². The van der Waals surface area contributed by atoms with Crippen molar-refractivity contribution in [2.45, 2.75) is 32.7 Å². The van der Waals surface area contributed by atoms with Crippen molar-refractivity contribution in [1.29, 1.82) is 0 Å². The Balaban J connectivity index is 3.30. The van der Waals surface area contributed by atoms with Crippen LogP contribution in [-0.4, -0.2) is 43.3 Å². The summed E-state index contributed by atoms with van der Waals surface area (Å²) >= 11 is 0. The first-order valence-electron chi connectivity index (χ1n) is 7.28. The molecule has 0 heterocycles. The standard InChI is InChI=1S/C16H25NO4/c1-5-10-17(11-6-2)14(16(18)19)12-8-7-9-13(20-3)15(12)21-4/h7-9,14H,5-6,10-11H2,1-4H3,(H,18,19). The maximum Gasteiger partial charge on any atom is 0.325 e. The van der Waals surface area contributed by atoms with Gasteiger partial charge in [0.25, 0.3) is 0 Å². The Morgan fingerprint density at radius 1 is 1.19 bits per heavy atom. The smallest absolute Gasteiger partial charge is 0.325 e. The third kappa shape index (κ3) is 4.11. The van der Waals surface area contributed by atoms with E-state index in [1.807, 2.05) is 18.7 Å². The number of carboxylic acids is 1. The Labute approximate surface area is 126 Å². The Morgan fingerprint density at radius 3 is 2.24 bits per heavy atom. The highest BCUT2D eigenvalue weighted by Crippen LogP contribution is 2.37. The number of hydrogen-bond donors (Lipinski definition) is 1. The lowest BCUT2D eigenvalue weighted by molar-refractivity contribution is -0.143. The summed E-state index contributed by atoms with van der Waals surface area (Å²) in [7, 11) is 3.08. The number of carbonyl (C=O) groups is 1. The van der Waals surface area contributed by atoms with Crippen LogP contribution >= 0.6 is 0 Å². The van der Waals surface area contributed by atoms with Crippen LogP contribution in [0.4, 0.5) is 0 Å².